The molecule has 2 nitrogen and oxygen atoms in total. The summed E-state index contributed by atoms with van der Waals surface area (Å²) in [5, 5.41) is 7.54. The molecule has 0 bridgehead atoms. The molecule has 1 aliphatic rings. The molecule has 0 aliphatic carbocycles. The van der Waals surface area contributed by atoms with Crippen molar-refractivity contribution in [1.29, 1.82) is 0 Å². The van der Waals surface area contributed by atoms with Crippen LogP contribution in [0.15, 0.2) is 82.4 Å². The van der Waals surface area contributed by atoms with Crippen LogP contribution < -0.4 is 5.01 Å². The van der Waals surface area contributed by atoms with Crippen molar-refractivity contribution in [3.05, 3.63) is 99.2 Å². The Hall–Kier alpha value is -2.17. The monoisotopic (exact) mass is 428 g/mol. The quantitative estimate of drug-likeness (QED) is 0.458. The molecule has 0 aromatic heterocycles. The maximum atomic E-state index is 13.4. The van der Waals surface area contributed by atoms with Crippen molar-refractivity contribution in [2.45, 2.75) is 12.5 Å². The molecule has 0 N–H and O–H groups in total. The van der Waals surface area contributed by atoms with Gasteiger partial charge in [0.05, 0.1) is 17.4 Å². The molecule has 0 fully saturated rings. The predicted molar refractivity (Wildman–Crippen MR) is 108 cm³/mol. The van der Waals surface area contributed by atoms with Crippen LogP contribution in [-0.4, -0.2) is 5.71 Å². The third-order valence-electron chi connectivity index (χ3n) is 4.43. The number of rotatable bonds is 3. The van der Waals surface area contributed by atoms with E-state index < -0.39 is 0 Å². The zero-order chi connectivity index (χ0) is 18.1. The Labute approximate surface area is 165 Å². The van der Waals surface area contributed by atoms with Crippen LogP contribution in [0.4, 0.5) is 10.1 Å². The standard InChI is InChI=1S/C21H15BrClFN2/c22-16-5-1-14(2-6-16)20-13-21(15-3-9-18(24)10-4-15)26(25-20)19-11-7-17(23)8-12-19/h1-12,21H,13H2. The normalized spacial score (nSPS) is 16.7. The van der Waals surface area contributed by atoms with Crippen molar-refractivity contribution in [2.24, 2.45) is 5.10 Å². The second-order valence-electron chi connectivity index (χ2n) is 6.15. The highest BCUT2D eigenvalue weighted by molar-refractivity contribution is 9.10. The van der Waals surface area contributed by atoms with Gasteiger partial charge in [0.1, 0.15) is 5.82 Å². The third-order valence-corrected chi connectivity index (χ3v) is 5.21. The first-order valence-corrected chi connectivity index (χ1v) is 9.41. The molecule has 26 heavy (non-hydrogen) atoms. The lowest BCUT2D eigenvalue weighted by molar-refractivity contribution is 0.624. The molecule has 1 heterocycles. The van der Waals surface area contributed by atoms with Crippen LogP contribution in [0.25, 0.3) is 0 Å². The molecule has 0 saturated carbocycles. The van der Waals surface area contributed by atoms with Crippen molar-refractivity contribution in [3.8, 4) is 0 Å². The Morgan fingerprint density at radius 1 is 0.923 bits per heavy atom. The number of hydrogen-bond donors (Lipinski definition) is 0. The molecular formula is C21H15BrClFN2. The van der Waals surface area contributed by atoms with Gasteiger partial charge < -0.3 is 0 Å². The average molecular weight is 430 g/mol. The SMILES string of the molecule is Fc1ccc(C2CC(c3ccc(Br)cc3)=NN2c2ccc(Cl)cc2)cc1. The highest BCUT2D eigenvalue weighted by Crippen LogP contribution is 2.37. The number of hydrogen-bond acceptors (Lipinski definition) is 2. The highest BCUT2D eigenvalue weighted by atomic mass is 79.9. The summed E-state index contributed by atoms with van der Waals surface area (Å²) in [6.45, 7) is 0. The Kier molecular flexibility index (Phi) is 4.79. The summed E-state index contributed by atoms with van der Waals surface area (Å²) in [5.41, 5.74) is 4.06. The summed E-state index contributed by atoms with van der Waals surface area (Å²) in [4.78, 5) is 0. The summed E-state index contributed by atoms with van der Waals surface area (Å²) >= 11 is 9.49. The smallest absolute Gasteiger partial charge is 0.123 e. The van der Waals surface area contributed by atoms with Crippen molar-refractivity contribution in [2.75, 3.05) is 5.01 Å². The number of anilines is 1. The lowest BCUT2D eigenvalue weighted by Gasteiger charge is -2.24. The van der Waals surface area contributed by atoms with Crippen molar-refractivity contribution in [1.82, 2.24) is 0 Å². The van der Waals surface area contributed by atoms with E-state index in [1.807, 2.05) is 53.5 Å². The van der Waals surface area contributed by atoms with E-state index in [-0.39, 0.29) is 11.9 Å². The van der Waals surface area contributed by atoms with E-state index in [9.17, 15) is 4.39 Å². The van der Waals surface area contributed by atoms with E-state index in [1.54, 1.807) is 0 Å². The zero-order valence-electron chi connectivity index (χ0n) is 13.7. The van der Waals surface area contributed by atoms with E-state index >= 15 is 0 Å². The number of benzene rings is 3. The molecule has 0 saturated heterocycles. The number of nitrogens with zero attached hydrogens (tertiary/aromatic N) is 2. The summed E-state index contributed by atoms with van der Waals surface area (Å²) in [6.07, 6.45) is 0.746. The lowest BCUT2D eigenvalue weighted by atomic mass is 9.98. The average Bonchev–Trinajstić information content (AvgIpc) is 3.09. The van der Waals surface area contributed by atoms with Crippen LogP contribution in [0.5, 0.6) is 0 Å². The van der Waals surface area contributed by atoms with E-state index in [0.29, 0.717) is 5.02 Å². The van der Waals surface area contributed by atoms with Crippen LogP contribution in [0.3, 0.4) is 0 Å². The summed E-state index contributed by atoms with van der Waals surface area (Å²) in [7, 11) is 0. The summed E-state index contributed by atoms with van der Waals surface area (Å²) in [5.74, 6) is -0.237. The minimum absolute atomic E-state index is 0.00965. The first-order valence-electron chi connectivity index (χ1n) is 8.24. The van der Waals surface area contributed by atoms with Crippen LogP contribution in [0.1, 0.15) is 23.6 Å². The van der Waals surface area contributed by atoms with Crippen LogP contribution in [0, 0.1) is 5.82 Å². The molecule has 5 heteroatoms. The molecule has 4 rings (SSSR count). The fourth-order valence-electron chi connectivity index (χ4n) is 3.10. The lowest BCUT2D eigenvalue weighted by Crippen LogP contribution is -2.18. The topological polar surface area (TPSA) is 15.6 Å². The molecule has 1 aliphatic heterocycles. The minimum atomic E-state index is -0.237. The van der Waals surface area contributed by atoms with E-state index in [4.69, 9.17) is 16.7 Å². The van der Waals surface area contributed by atoms with Gasteiger partial charge in [-0.05, 0) is 59.7 Å². The molecule has 0 spiro atoms. The van der Waals surface area contributed by atoms with Gasteiger partial charge in [0.2, 0.25) is 0 Å². The second-order valence-corrected chi connectivity index (χ2v) is 7.50. The summed E-state index contributed by atoms with van der Waals surface area (Å²) in [6, 6.07) is 22.4. The number of hydrazone groups is 1. The first kappa shape index (κ1) is 17.3. The van der Waals surface area contributed by atoms with Gasteiger partial charge in [0.15, 0.2) is 0 Å². The Morgan fingerprint density at radius 3 is 2.23 bits per heavy atom. The van der Waals surface area contributed by atoms with E-state index in [0.717, 1.165) is 33.4 Å². The van der Waals surface area contributed by atoms with Crippen molar-refractivity contribution < 1.29 is 4.39 Å². The van der Waals surface area contributed by atoms with Gasteiger partial charge in [0.25, 0.3) is 0 Å². The van der Waals surface area contributed by atoms with Gasteiger partial charge in [0, 0.05) is 15.9 Å². The summed E-state index contributed by atoms with van der Waals surface area (Å²) < 4.78 is 14.4. The van der Waals surface area contributed by atoms with Crippen LogP contribution >= 0.6 is 27.5 Å². The van der Waals surface area contributed by atoms with E-state index in [1.165, 1.54) is 12.1 Å². The molecule has 0 radical (unpaired) electrons. The maximum absolute atomic E-state index is 13.4. The molecule has 3 aromatic carbocycles. The fourth-order valence-corrected chi connectivity index (χ4v) is 3.49. The third kappa shape index (κ3) is 3.53. The van der Waals surface area contributed by atoms with Crippen molar-refractivity contribution in [3.63, 3.8) is 0 Å². The van der Waals surface area contributed by atoms with Gasteiger partial charge >= 0.3 is 0 Å². The Morgan fingerprint density at radius 2 is 1.58 bits per heavy atom. The molecule has 1 atom stereocenters. The van der Waals surface area contributed by atoms with E-state index in [2.05, 4.69) is 28.1 Å². The molecule has 0 amide bonds. The Balaban J connectivity index is 1.74. The predicted octanol–water partition coefficient (Wildman–Crippen LogP) is 6.60. The minimum Gasteiger partial charge on any atom is -0.257 e. The zero-order valence-corrected chi connectivity index (χ0v) is 16.1. The fraction of sp³-hybridized carbons (Fsp3) is 0.0952. The van der Waals surface area contributed by atoms with Gasteiger partial charge in [-0.2, -0.15) is 5.10 Å². The highest BCUT2D eigenvalue weighted by Gasteiger charge is 2.29. The molecular weight excluding hydrogens is 415 g/mol. The maximum Gasteiger partial charge on any atom is 0.123 e. The second kappa shape index (κ2) is 7.22. The van der Waals surface area contributed by atoms with Crippen LogP contribution in [-0.2, 0) is 0 Å². The molecule has 1 unspecified atom stereocenters. The molecule has 130 valence electrons. The van der Waals surface area contributed by atoms with Gasteiger partial charge in [-0.3, -0.25) is 5.01 Å². The largest absolute Gasteiger partial charge is 0.257 e. The van der Waals surface area contributed by atoms with Gasteiger partial charge in [-0.1, -0.05) is 51.8 Å². The van der Waals surface area contributed by atoms with Crippen LogP contribution in [0.2, 0.25) is 5.02 Å². The first-order chi connectivity index (χ1) is 12.6. The molecule has 3 aromatic rings. The van der Waals surface area contributed by atoms with Crippen molar-refractivity contribution >= 4 is 38.9 Å². The number of halogens is 3. The van der Waals surface area contributed by atoms with Gasteiger partial charge in [-0.25, -0.2) is 4.39 Å². The Bertz CT molecular complexity index is 937. The van der Waals surface area contributed by atoms with Gasteiger partial charge in [-0.15, -0.1) is 0 Å².